The Labute approximate surface area is 182 Å². The molecule has 1 atom stereocenters. The van der Waals surface area contributed by atoms with Gasteiger partial charge in [-0.1, -0.05) is 6.92 Å². The summed E-state index contributed by atoms with van der Waals surface area (Å²) in [4.78, 5) is 21.8. The molecular weight excluding hydrogens is 421 g/mol. The van der Waals surface area contributed by atoms with Gasteiger partial charge in [0, 0.05) is 0 Å². The van der Waals surface area contributed by atoms with Gasteiger partial charge >= 0.3 is 80.8 Å². The van der Waals surface area contributed by atoms with Crippen LogP contribution in [0.3, 0.4) is 0 Å². The zero-order chi connectivity index (χ0) is 15.5. The minimum atomic E-state index is -4.74. The van der Waals surface area contributed by atoms with Gasteiger partial charge in [0.15, 0.2) is 0 Å². The zero-order valence-electron chi connectivity index (χ0n) is 12.9. The molecule has 0 saturated heterocycles. The molecule has 21 heavy (non-hydrogen) atoms. The van der Waals surface area contributed by atoms with E-state index in [1.807, 2.05) is 0 Å². The van der Waals surface area contributed by atoms with Gasteiger partial charge in [-0.15, -0.1) is 0 Å². The van der Waals surface area contributed by atoms with Crippen molar-refractivity contribution >= 4 is 22.1 Å². The number of ether oxygens (including phenoxy) is 1. The maximum atomic E-state index is 11.8. The van der Waals surface area contributed by atoms with Crippen LogP contribution in [0.4, 0.5) is 0 Å². The second-order valence-corrected chi connectivity index (χ2v) is 5.51. The SMILES string of the molecule is CCC(C)OC(=O)c1ccc(C(=O)O)cc1S(=O)(=O)O.[Cs+].[H-]. The molecule has 1 unspecified atom stereocenters. The van der Waals surface area contributed by atoms with Gasteiger partial charge in [0.25, 0.3) is 10.1 Å². The second-order valence-electron chi connectivity index (χ2n) is 4.12. The molecule has 0 aliphatic rings. The molecular formula is C12H15CsO7S. The standard InChI is InChI=1S/C12H14O7S.Cs.H/c1-3-7(2)19-12(15)9-5-4-8(11(13)14)6-10(9)20(16,17)18;;/h4-7H,3H2,1-2H3,(H,13,14)(H,16,17,18);;/q;+1;-1. The normalized spacial score (nSPS) is 12.1. The van der Waals surface area contributed by atoms with Crippen molar-refractivity contribution in [2.24, 2.45) is 0 Å². The molecule has 1 rings (SSSR count). The molecule has 2 N–H and O–H groups in total. The first-order chi connectivity index (χ1) is 9.16. The molecule has 0 radical (unpaired) electrons. The van der Waals surface area contributed by atoms with E-state index >= 15 is 0 Å². The van der Waals surface area contributed by atoms with Gasteiger partial charge in [-0.25, -0.2) is 9.59 Å². The van der Waals surface area contributed by atoms with Crippen LogP contribution < -0.4 is 68.9 Å². The fraction of sp³-hybridized carbons (Fsp3) is 0.333. The molecule has 1 aromatic rings. The quantitative estimate of drug-likeness (QED) is 0.436. The van der Waals surface area contributed by atoms with E-state index in [9.17, 15) is 18.0 Å². The van der Waals surface area contributed by atoms with Gasteiger partial charge in [-0.2, -0.15) is 8.42 Å². The largest absolute Gasteiger partial charge is 1.00 e. The molecule has 0 fully saturated rings. The maximum absolute atomic E-state index is 11.8. The third kappa shape index (κ3) is 6.02. The number of carboxylic acid groups (broad SMARTS) is 1. The van der Waals surface area contributed by atoms with Crippen LogP contribution in [0.2, 0.25) is 0 Å². The van der Waals surface area contributed by atoms with Crippen molar-refractivity contribution in [3.05, 3.63) is 29.3 Å². The summed E-state index contributed by atoms with van der Waals surface area (Å²) in [7, 11) is -4.74. The van der Waals surface area contributed by atoms with E-state index in [4.69, 9.17) is 14.4 Å². The van der Waals surface area contributed by atoms with Gasteiger partial charge in [0.05, 0.1) is 17.2 Å². The first kappa shape index (κ1) is 21.1. The molecule has 0 bridgehead atoms. The molecule has 0 amide bonds. The van der Waals surface area contributed by atoms with E-state index in [2.05, 4.69) is 0 Å². The number of esters is 1. The Bertz CT molecular complexity index is 645. The Kier molecular flexibility index (Phi) is 8.73. The molecule has 0 aromatic heterocycles. The van der Waals surface area contributed by atoms with Crippen molar-refractivity contribution in [2.45, 2.75) is 31.3 Å². The third-order valence-corrected chi connectivity index (χ3v) is 3.50. The average molecular weight is 436 g/mol. The van der Waals surface area contributed by atoms with Crippen molar-refractivity contribution in [2.75, 3.05) is 0 Å². The van der Waals surface area contributed by atoms with Gasteiger partial charge in [-0.05, 0) is 31.5 Å². The van der Waals surface area contributed by atoms with E-state index < -0.39 is 38.6 Å². The van der Waals surface area contributed by atoms with Crippen molar-refractivity contribution < 1.29 is 103 Å². The number of hydrogen-bond donors (Lipinski definition) is 2. The summed E-state index contributed by atoms with van der Waals surface area (Å²) in [6, 6.07) is 2.77. The molecule has 0 aliphatic heterocycles. The van der Waals surface area contributed by atoms with Crippen molar-refractivity contribution in [3.63, 3.8) is 0 Å². The molecule has 0 spiro atoms. The predicted octanol–water partition coefficient (Wildman–Crippen LogP) is -1.30. The molecule has 1 aromatic carbocycles. The number of carbonyl (C=O) groups is 2. The summed E-state index contributed by atoms with van der Waals surface area (Å²) in [5.41, 5.74) is -0.768. The summed E-state index contributed by atoms with van der Waals surface area (Å²) in [6.07, 6.45) is 0.0936. The minimum absolute atomic E-state index is 0. The van der Waals surface area contributed by atoms with Crippen molar-refractivity contribution in [1.29, 1.82) is 0 Å². The Morgan fingerprint density at radius 1 is 1.38 bits per heavy atom. The Morgan fingerprint density at radius 2 is 1.95 bits per heavy atom. The summed E-state index contributed by atoms with van der Waals surface area (Å²) in [6.45, 7) is 3.39. The number of benzene rings is 1. The molecule has 0 heterocycles. The van der Waals surface area contributed by atoms with Crippen LogP contribution in [0.1, 0.15) is 42.4 Å². The van der Waals surface area contributed by atoms with E-state index in [1.165, 1.54) is 0 Å². The zero-order valence-corrected chi connectivity index (χ0v) is 19.0. The maximum Gasteiger partial charge on any atom is 1.00 e. The third-order valence-electron chi connectivity index (χ3n) is 2.61. The number of carbonyl (C=O) groups excluding carboxylic acids is 1. The van der Waals surface area contributed by atoms with E-state index in [-0.39, 0.29) is 75.9 Å². The smallest absolute Gasteiger partial charge is 1.00 e. The number of rotatable bonds is 5. The fourth-order valence-corrected chi connectivity index (χ4v) is 2.07. The van der Waals surface area contributed by atoms with Crippen molar-refractivity contribution in [1.82, 2.24) is 0 Å². The average Bonchev–Trinajstić information content (AvgIpc) is 2.36. The van der Waals surface area contributed by atoms with Gasteiger partial charge < -0.3 is 11.3 Å². The van der Waals surface area contributed by atoms with Crippen LogP contribution in [0.15, 0.2) is 23.1 Å². The first-order valence-corrected chi connectivity index (χ1v) is 7.16. The molecule has 0 saturated carbocycles. The molecule has 7 nitrogen and oxygen atoms in total. The van der Waals surface area contributed by atoms with Crippen LogP contribution in [-0.2, 0) is 14.9 Å². The van der Waals surface area contributed by atoms with Gasteiger partial charge in [-0.3, -0.25) is 4.55 Å². The van der Waals surface area contributed by atoms with Crippen LogP contribution in [0, 0.1) is 0 Å². The van der Waals surface area contributed by atoms with Crippen LogP contribution in [0.5, 0.6) is 0 Å². The number of carboxylic acids is 1. The monoisotopic (exact) mass is 436 g/mol. The van der Waals surface area contributed by atoms with E-state index in [1.54, 1.807) is 13.8 Å². The van der Waals surface area contributed by atoms with E-state index in [0.29, 0.717) is 12.5 Å². The summed E-state index contributed by atoms with van der Waals surface area (Å²) in [5, 5.41) is 8.80. The van der Waals surface area contributed by atoms with Gasteiger partial charge in [0.2, 0.25) is 0 Å². The second kappa shape index (κ2) is 8.68. The first-order valence-electron chi connectivity index (χ1n) is 5.72. The summed E-state index contributed by atoms with van der Waals surface area (Å²) in [5.74, 6) is -2.32. The Balaban J connectivity index is 0. The molecule has 112 valence electrons. The Hall–Kier alpha value is 0.122. The summed E-state index contributed by atoms with van der Waals surface area (Å²) >= 11 is 0. The Morgan fingerprint density at radius 3 is 2.38 bits per heavy atom. The topological polar surface area (TPSA) is 118 Å². The predicted molar refractivity (Wildman–Crippen MR) is 69.5 cm³/mol. The number of aromatic carboxylic acids is 1. The number of hydrogen-bond acceptors (Lipinski definition) is 5. The van der Waals surface area contributed by atoms with Crippen LogP contribution in [-0.4, -0.2) is 36.1 Å². The van der Waals surface area contributed by atoms with E-state index in [0.717, 1.165) is 12.1 Å². The fourth-order valence-electron chi connectivity index (χ4n) is 1.37. The minimum Gasteiger partial charge on any atom is -1.00 e. The summed E-state index contributed by atoms with van der Waals surface area (Å²) < 4.78 is 36.5. The van der Waals surface area contributed by atoms with Gasteiger partial charge in [0.1, 0.15) is 4.90 Å². The van der Waals surface area contributed by atoms with Crippen LogP contribution in [0.25, 0.3) is 0 Å². The molecule has 0 aliphatic carbocycles. The van der Waals surface area contributed by atoms with Crippen LogP contribution >= 0.6 is 0 Å². The molecule has 9 heteroatoms. The van der Waals surface area contributed by atoms with Crippen molar-refractivity contribution in [3.8, 4) is 0 Å².